The number of carbonyl (C=O) groups is 2. The minimum atomic E-state index is -0.414. The van der Waals surface area contributed by atoms with Crippen molar-refractivity contribution in [2.24, 2.45) is 0 Å². The summed E-state index contributed by atoms with van der Waals surface area (Å²) in [6.45, 7) is 2.03. The first kappa shape index (κ1) is 17.6. The molecule has 1 heterocycles. The fourth-order valence-corrected chi connectivity index (χ4v) is 2.42. The van der Waals surface area contributed by atoms with E-state index < -0.39 is 11.9 Å². The van der Waals surface area contributed by atoms with Crippen LogP contribution in [0.1, 0.15) is 27.6 Å². The predicted molar refractivity (Wildman–Crippen MR) is 94.5 cm³/mol. The summed E-state index contributed by atoms with van der Waals surface area (Å²) in [5, 5.41) is 13.9. The van der Waals surface area contributed by atoms with Gasteiger partial charge >= 0.3 is 5.97 Å². The zero-order chi connectivity index (χ0) is 18.5. The molecule has 8 nitrogen and oxygen atoms in total. The van der Waals surface area contributed by atoms with Gasteiger partial charge in [0.2, 0.25) is 0 Å². The number of aromatic nitrogens is 4. The number of carbonyl (C=O) groups excluding carboxylic acids is 2. The van der Waals surface area contributed by atoms with Crippen LogP contribution < -0.4 is 5.32 Å². The molecular weight excluding hydrogens is 358 g/mol. The smallest absolute Gasteiger partial charge is 0.338 e. The Morgan fingerprint density at radius 3 is 2.62 bits per heavy atom. The number of esters is 1. The van der Waals surface area contributed by atoms with Crippen molar-refractivity contribution in [3.05, 3.63) is 64.9 Å². The second-order valence-corrected chi connectivity index (χ2v) is 5.58. The van der Waals surface area contributed by atoms with E-state index in [1.165, 1.54) is 11.0 Å². The number of ether oxygens (including phenoxy) is 1. The number of anilines is 1. The lowest BCUT2D eigenvalue weighted by atomic mass is 10.1. The van der Waals surface area contributed by atoms with Gasteiger partial charge in [-0.3, -0.25) is 4.79 Å². The maximum atomic E-state index is 12.5. The predicted octanol–water partition coefficient (Wildman–Crippen LogP) is 2.74. The largest absolute Gasteiger partial charge is 0.462 e. The van der Waals surface area contributed by atoms with Crippen molar-refractivity contribution in [3.63, 3.8) is 0 Å². The Hall–Kier alpha value is -3.26. The summed E-state index contributed by atoms with van der Waals surface area (Å²) < 4.78 is 6.34. The van der Waals surface area contributed by atoms with Crippen molar-refractivity contribution in [1.82, 2.24) is 20.2 Å². The average molecular weight is 372 g/mol. The normalized spacial score (nSPS) is 10.4. The summed E-state index contributed by atoms with van der Waals surface area (Å²) in [5.74, 6) is -0.809. The van der Waals surface area contributed by atoms with Crippen LogP contribution in [0.15, 0.2) is 48.8 Å². The van der Waals surface area contributed by atoms with E-state index in [9.17, 15) is 9.59 Å². The number of nitrogens with zero attached hydrogens (tertiary/aromatic N) is 4. The summed E-state index contributed by atoms with van der Waals surface area (Å²) in [6, 6.07) is 11.3. The van der Waals surface area contributed by atoms with Gasteiger partial charge in [-0.2, -0.15) is 0 Å². The maximum Gasteiger partial charge on any atom is 0.338 e. The zero-order valence-electron chi connectivity index (χ0n) is 13.7. The van der Waals surface area contributed by atoms with Crippen LogP contribution in [-0.4, -0.2) is 38.7 Å². The van der Waals surface area contributed by atoms with Gasteiger partial charge in [0.05, 0.1) is 28.4 Å². The first-order chi connectivity index (χ1) is 12.6. The Balaban J connectivity index is 1.78. The second-order valence-electron chi connectivity index (χ2n) is 5.17. The third kappa shape index (κ3) is 3.86. The van der Waals surface area contributed by atoms with E-state index >= 15 is 0 Å². The lowest BCUT2D eigenvalue weighted by Gasteiger charge is -2.09. The van der Waals surface area contributed by atoms with E-state index in [0.29, 0.717) is 28.6 Å². The molecule has 0 aliphatic carbocycles. The monoisotopic (exact) mass is 371 g/mol. The lowest BCUT2D eigenvalue weighted by Crippen LogP contribution is -2.13. The fourth-order valence-electron chi connectivity index (χ4n) is 2.21. The zero-order valence-corrected chi connectivity index (χ0v) is 14.5. The number of halogens is 1. The van der Waals surface area contributed by atoms with Gasteiger partial charge in [-0.1, -0.05) is 11.6 Å². The van der Waals surface area contributed by atoms with Crippen LogP contribution in [0.5, 0.6) is 0 Å². The third-order valence-corrected chi connectivity index (χ3v) is 3.79. The van der Waals surface area contributed by atoms with Crippen LogP contribution in [0.25, 0.3) is 5.69 Å². The first-order valence-electron chi connectivity index (χ1n) is 7.70. The van der Waals surface area contributed by atoms with Crippen molar-refractivity contribution in [2.45, 2.75) is 6.92 Å². The highest BCUT2D eigenvalue weighted by Crippen LogP contribution is 2.21. The molecule has 0 bridgehead atoms. The van der Waals surface area contributed by atoms with Crippen molar-refractivity contribution in [1.29, 1.82) is 0 Å². The molecule has 1 amide bonds. The van der Waals surface area contributed by atoms with E-state index in [1.54, 1.807) is 49.4 Å². The molecular formula is C17H14ClN5O3. The van der Waals surface area contributed by atoms with Crippen LogP contribution >= 0.6 is 11.6 Å². The Labute approximate surface area is 153 Å². The van der Waals surface area contributed by atoms with Gasteiger partial charge < -0.3 is 10.1 Å². The first-order valence-corrected chi connectivity index (χ1v) is 8.07. The van der Waals surface area contributed by atoms with Crippen molar-refractivity contribution in [3.8, 4) is 5.69 Å². The maximum absolute atomic E-state index is 12.5. The molecule has 26 heavy (non-hydrogen) atoms. The average Bonchev–Trinajstić information content (AvgIpc) is 3.17. The number of tetrazole rings is 1. The molecule has 0 fully saturated rings. The molecule has 1 N–H and O–H groups in total. The van der Waals surface area contributed by atoms with Gasteiger partial charge in [-0.05, 0) is 59.8 Å². The van der Waals surface area contributed by atoms with Gasteiger partial charge in [-0.25, -0.2) is 9.48 Å². The molecule has 0 unspecified atom stereocenters. The highest BCUT2D eigenvalue weighted by molar-refractivity contribution is 6.34. The van der Waals surface area contributed by atoms with Gasteiger partial charge in [-0.15, -0.1) is 5.10 Å². The number of rotatable bonds is 5. The summed E-state index contributed by atoms with van der Waals surface area (Å²) >= 11 is 6.14. The molecule has 0 saturated heterocycles. The minimum Gasteiger partial charge on any atom is -0.462 e. The molecule has 0 aliphatic rings. The Morgan fingerprint density at radius 1 is 1.19 bits per heavy atom. The summed E-state index contributed by atoms with van der Waals surface area (Å²) in [6.07, 6.45) is 1.42. The van der Waals surface area contributed by atoms with Gasteiger partial charge in [0.1, 0.15) is 6.33 Å². The van der Waals surface area contributed by atoms with E-state index in [4.69, 9.17) is 16.3 Å². The highest BCUT2D eigenvalue weighted by atomic mass is 35.5. The van der Waals surface area contributed by atoms with Crippen LogP contribution in [0, 0.1) is 0 Å². The van der Waals surface area contributed by atoms with E-state index in [0.717, 1.165) is 0 Å². The SMILES string of the molecule is CCOC(=O)c1ccc(NC(=O)c2cc(-n3cnnn3)ccc2Cl)cc1. The molecule has 3 rings (SSSR count). The van der Waals surface area contributed by atoms with Crippen molar-refractivity contribution >= 4 is 29.2 Å². The van der Waals surface area contributed by atoms with Gasteiger partial charge in [0.25, 0.3) is 5.91 Å². The van der Waals surface area contributed by atoms with Gasteiger partial charge in [0.15, 0.2) is 0 Å². The lowest BCUT2D eigenvalue weighted by molar-refractivity contribution is 0.0526. The summed E-state index contributed by atoms with van der Waals surface area (Å²) in [7, 11) is 0. The Kier molecular flexibility index (Phi) is 5.23. The molecule has 2 aromatic carbocycles. The number of benzene rings is 2. The van der Waals surface area contributed by atoms with E-state index in [1.807, 2.05) is 0 Å². The highest BCUT2D eigenvalue weighted by Gasteiger charge is 2.13. The Morgan fingerprint density at radius 2 is 1.96 bits per heavy atom. The standard InChI is InChI=1S/C17H14ClN5O3/c1-2-26-17(25)11-3-5-12(6-4-11)20-16(24)14-9-13(7-8-15(14)18)23-10-19-21-22-23/h3-10H,2H2,1H3,(H,20,24). The molecule has 0 spiro atoms. The molecule has 9 heteroatoms. The number of amides is 1. The van der Waals surface area contributed by atoms with E-state index in [-0.39, 0.29) is 5.56 Å². The topological polar surface area (TPSA) is 99.0 Å². The molecule has 0 radical (unpaired) electrons. The van der Waals surface area contributed by atoms with Crippen LogP contribution in [0.2, 0.25) is 5.02 Å². The molecule has 0 saturated carbocycles. The molecule has 0 aliphatic heterocycles. The minimum absolute atomic E-state index is 0.272. The second kappa shape index (κ2) is 7.75. The Bertz CT molecular complexity index is 926. The van der Waals surface area contributed by atoms with Crippen molar-refractivity contribution < 1.29 is 14.3 Å². The van der Waals surface area contributed by atoms with Crippen LogP contribution in [-0.2, 0) is 4.74 Å². The van der Waals surface area contributed by atoms with E-state index in [2.05, 4.69) is 20.8 Å². The van der Waals surface area contributed by atoms with Crippen molar-refractivity contribution in [2.75, 3.05) is 11.9 Å². The number of hydrogen-bond donors (Lipinski definition) is 1. The molecule has 0 atom stereocenters. The van der Waals surface area contributed by atoms with Crippen LogP contribution in [0.4, 0.5) is 5.69 Å². The number of nitrogens with one attached hydrogen (secondary N) is 1. The third-order valence-electron chi connectivity index (χ3n) is 3.46. The molecule has 1 aromatic heterocycles. The summed E-state index contributed by atoms with van der Waals surface area (Å²) in [5.41, 5.74) is 1.80. The summed E-state index contributed by atoms with van der Waals surface area (Å²) in [4.78, 5) is 24.2. The number of hydrogen-bond acceptors (Lipinski definition) is 6. The molecule has 3 aromatic rings. The van der Waals surface area contributed by atoms with Crippen LogP contribution in [0.3, 0.4) is 0 Å². The quantitative estimate of drug-likeness (QED) is 0.692. The van der Waals surface area contributed by atoms with Gasteiger partial charge in [0, 0.05) is 5.69 Å². The molecule has 132 valence electrons. The fraction of sp³-hybridized carbons (Fsp3) is 0.118.